The minimum atomic E-state index is -0.763. The van der Waals surface area contributed by atoms with Crippen LogP contribution < -0.4 is 10.7 Å². The fourth-order valence-electron chi connectivity index (χ4n) is 2.94. The van der Waals surface area contributed by atoms with Gasteiger partial charge in [-0.1, -0.05) is 31.9 Å². The first kappa shape index (κ1) is 23.0. The van der Waals surface area contributed by atoms with E-state index in [0.717, 1.165) is 19.5 Å². The Morgan fingerprint density at radius 3 is 2.52 bits per heavy atom. The second kappa shape index (κ2) is 10.1. The molecule has 10 heteroatoms. The smallest absolute Gasteiger partial charge is 0.311 e. The van der Waals surface area contributed by atoms with Crippen LogP contribution in [0, 0.1) is 12.8 Å². The number of carbonyl (C=O) groups excluding carboxylic acids is 4. The van der Waals surface area contributed by atoms with Crippen LogP contribution in [-0.2, 0) is 19.1 Å². The summed E-state index contributed by atoms with van der Waals surface area (Å²) < 4.78 is 6.80. The first-order valence-electron chi connectivity index (χ1n) is 9.32. The number of hydrazine groups is 1. The maximum atomic E-state index is 12.3. The van der Waals surface area contributed by atoms with Crippen molar-refractivity contribution in [2.24, 2.45) is 5.92 Å². The average molecular weight is 553 g/mol. The van der Waals surface area contributed by atoms with Crippen molar-refractivity contribution in [1.29, 1.82) is 0 Å². The summed E-state index contributed by atoms with van der Waals surface area (Å²) in [7, 11) is 0. The standard InChI is InChI=1S/C21H19Br2N3O5/c1-12-8-16(6-7-17(12)23)24-18(27)11-31-21(30)14-9-19(28)26(10-14)25-20(29)13-2-4-15(22)5-3-13/h2-8,14H,9-11H2,1H3,(H,24,27)(H,25,29)/t14-/m1/s1. The molecule has 1 atom stereocenters. The van der Waals surface area contributed by atoms with E-state index in [0.29, 0.717) is 11.3 Å². The van der Waals surface area contributed by atoms with Crippen molar-refractivity contribution in [1.82, 2.24) is 10.4 Å². The molecule has 0 aromatic heterocycles. The Morgan fingerprint density at radius 1 is 1.13 bits per heavy atom. The van der Waals surface area contributed by atoms with E-state index in [9.17, 15) is 19.2 Å². The summed E-state index contributed by atoms with van der Waals surface area (Å²) in [6, 6.07) is 11.9. The third-order valence-electron chi connectivity index (χ3n) is 4.59. The molecule has 1 heterocycles. The number of esters is 1. The zero-order valence-electron chi connectivity index (χ0n) is 16.5. The minimum Gasteiger partial charge on any atom is -0.455 e. The molecule has 0 aliphatic carbocycles. The van der Waals surface area contributed by atoms with E-state index in [1.165, 1.54) is 0 Å². The molecule has 0 unspecified atom stereocenters. The number of rotatable bonds is 6. The highest BCUT2D eigenvalue weighted by atomic mass is 79.9. The van der Waals surface area contributed by atoms with Gasteiger partial charge in [0, 0.05) is 26.6 Å². The summed E-state index contributed by atoms with van der Waals surface area (Å²) in [6.45, 7) is 1.40. The Balaban J connectivity index is 1.48. The van der Waals surface area contributed by atoms with Crippen molar-refractivity contribution in [2.75, 3.05) is 18.5 Å². The van der Waals surface area contributed by atoms with Crippen LogP contribution in [0.15, 0.2) is 51.4 Å². The SMILES string of the molecule is Cc1cc(NC(=O)COC(=O)[C@@H]2CC(=O)N(NC(=O)c3ccc(Br)cc3)C2)ccc1Br. The largest absolute Gasteiger partial charge is 0.455 e. The highest BCUT2D eigenvalue weighted by Crippen LogP contribution is 2.21. The molecule has 162 valence electrons. The summed E-state index contributed by atoms with van der Waals surface area (Å²) in [5, 5.41) is 3.75. The number of carbonyl (C=O) groups is 4. The summed E-state index contributed by atoms with van der Waals surface area (Å²) in [6.07, 6.45) is -0.104. The van der Waals surface area contributed by atoms with Gasteiger partial charge in [-0.3, -0.25) is 29.6 Å². The van der Waals surface area contributed by atoms with Gasteiger partial charge in [-0.2, -0.15) is 0 Å². The highest BCUT2D eigenvalue weighted by Gasteiger charge is 2.36. The molecule has 2 N–H and O–H groups in total. The molecule has 0 saturated carbocycles. The van der Waals surface area contributed by atoms with Gasteiger partial charge >= 0.3 is 5.97 Å². The average Bonchev–Trinajstić information content (AvgIpc) is 3.10. The molecule has 2 aromatic carbocycles. The van der Waals surface area contributed by atoms with E-state index < -0.39 is 36.2 Å². The number of hydrogen-bond acceptors (Lipinski definition) is 5. The van der Waals surface area contributed by atoms with Crippen LogP contribution in [0.2, 0.25) is 0 Å². The Kier molecular flexibility index (Phi) is 7.45. The van der Waals surface area contributed by atoms with Crippen LogP contribution in [0.5, 0.6) is 0 Å². The molecule has 1 saturated heterocycles. The molecule has 0 spiro atoms. The topological polar surface area (TPSA) is 105 Å². The Labute approximate surface area is 195 Å². The van der Waals surface area contributed by atoms with Gasteiger partial charge < -0.3 is 10.1 Å². The molecule has 0 radical (unpaired) electrons. The lowest BCUT2D eigenvalue weighted by Gasteiger charge is -2.17. The molecular formula is C21H19Br2N3O5. The molecule has 1 aliphatic rings. The van der Waals surface area contributed by atoms with Crippen molar-refractivity contribution in [3.8, 4) is 0 Å². The minimum absolute atomic E-state index is 0.0204. The molecular weight excluding hydrogens is 534 g/mol. The van der Waals surface area contributed by atoms with Crippen LogP contribution in [0.25, 0.3) is 0 Å². The lowest BCUT2D eigenvalue weighted by molar-refractivity contribution is -0.151. The Hall–Kier alpha value is -2.72. The van der Waals surface area contributed by atoms with Crippen LogP contribution in [0.4, 0.5) is 5.69 Å². The molecule has 3 amide bonds. The number of amides is 3. The maximum Gasteiger partial charge on any atom is 0.311 e. The number of nitrogens with zero attached hydrogens (tertiary/aromatic N) is 1. The predicted molar refractivity (Wildman–Crippen MR) is 120 cm³/mol. The zero-order chi connectivity index (χ0) is 22.5. The molecule has 0 bridgehead atoms. The van der Waals surface area contributed by atoms with Crippen molar-refractivity contribution >= 4 is 61.2 Å². The van der Waals surface area contributed by atoms with Gasteiger partial charge in [-0.05, 0) is 55.0 Å². The fraction of sp³-hybridized carbons (Fsp3) is 0.238. The van der Waals surface area contributed by atoms with E-state index in [2.05, 4.69) is 42.6 Å². The Bertz CT molecular complexity index is 1030. The lowest BCUT2D eigenvalue weighted by atomic mass is 10.1. The second-order valence-corrected chi connectivity index (χ2v) is 8.74. The molecule has 2 aromatic rings. The van der Waals surface area contributed by atoms with Gasteiger partial charge in [-0.25, -0.2) is 0 Å². The van der Waals surface area contributed by atoms with Gasteiger partial charge in [0.15, 0.2) is 6.61 Å². The number of ether oxygens (including phenoxy) is 1. The van der Waals surface area contributed by atoms with E-state index >= 15 is 0 Å². The number of nitrogens with one attached hydrogen (secondary N) is 2. The normalized spacial score (nSPS) is 15.5. The monoisotopic (exact) mass is 551 g/mol. The Morgan fingerprint density at radius 2 is 1.84 bits per heavy atom. The van der Waals surface area contributed by atoms with Crippen LogP contribution in [-0.4, -0.2) is 41.9 Å². The zero-order valence-corrected chi connectivity index (χ0v) is 19.7. The van der Waals surface area contributed by atoms with Gasteiger partial charge in [0.05, 0.1) is 12.5 Å². The number of aryl methyl sites for hydroxylation is 1. The summed E-state index contributed by atoms with van der Waals surface area (Å²) >= 11 is 6.67. The fourth-order valence-corrected chi connectivity index (χ4v) is 3.45. The molecule has 8 nitrogen and oxygen atoms in total. The number of hydrogen-bond donors (Lipinski definition) is 2. The molecule has 1 fully saturated rings. The molecule has 31 heavy (non-hydrogen) atoms. The number of halogens is 2. The van der Waals surface area contributed by atoms with Crippen LogP contribution in [0.3, 0.4) is 0 Å². The third-order valence-corrected chi connectivity index (χ3v) is 6.01. The first-order valence-corrected chi connectivity index (χ1v) is 10.9. The van der Waals surface area contributed by atoms with E-state index in [4.69, 9.17) is 4.74 Å². The summed E-state index contributed by atoms with van der Waals surface area (Å²) in [4.78, 5) is 48.8. The summed E-state index contributed by atoms with van der Waals surface area (Å²) in [5.74, 6) is -2.78. The molecule has 3 rings (SSSR count). The number of benzene rings is 2. The van der Waals surface area contributed by atoms with Gasteiger partial charge in [0.25, 0.3) is 11.8 Å². The van der Waals surface area contributed by atoms with Gasteiger partial charge in [0.1, 0.15) is 0 Å². The van der Waals surface area contributed by atoms with E-state index in [-0.39, 0.29) is 13.0 Å². The number of anilines is 1. The maximum absolute atomic E-state index is 12.3. The van der Waals surface area contributed by atoms with Gasteiger partial charge in [-0.15, -0.1) is 0 Å². The van der Waals surface area contributed by atoms with Crippen molar-refractivity contribution in [3.63, 3.8) is 0 Å². The van der Waals surface area contributed by atoms with E-state index in [1.807, 2.05) is 6.92 Å². The summed E-state index contributed by atoms with van der Waals surface area (Å²) in [5.41, 5.74) is 4.40. The first-order chi connectivity index (χ1) is 14.7. The lowest BCUT2D eigenvalue weighted by Crippen LogP contribution is -2.43. The second-order valence-electron chi connectivity index (χ2n) is 6.97. The quantitative estimate of drug-likeness (QED) is 0.535. The van der Waals surface area contributed by atoms with Crippen molar-refractivity contribution in [3.05, 3.63) is 62.5 Å². The van der Waals surface area contributed by atoms with Crippen molar-refractivity contribution < 1.29 is 23.9 Å². The van der Waals surface area contributed by atoms with Crippen LogP contribution >= 0.6 is 31.9 Å². The predicted octanol–water partition coefficient (Wildman–Crippen LogP) is 3.20. The van der Waals surface area contributed by atoms with Gasteiger partial charge in [0.2, 0.25) is 5.91 Å². The third kappa shape index (κ3) is 6.14. The molecule has 1 aliphatic heterocycles. The van der Waals surface area contributed by atoms with Crippen molar-refractivity contribution in [2.45, 2.75) is 13.3 Å². The highest BCUT2D eigenvalue weighted by molar-refractivity contribution is 9.10. The van der Waals surface area contributed by atoms with Crippen LogP contribution in [0.1, 0.15) is 22.3 Å². The van der Waals surface area contributed by atoms with E-state index in [1.54, 1.807) is 42.5 Å².